The summed E-state index contributed by atoms with van der Waals surface area (Å²) in [6.45, 7) is 5.07. The molecule has 0 atom stereocenters. The van der Waals surface area contributed by atoms with Crippen LogP contribution in [0.15, 0.2) is 35.4 Å². The van der Waals surface area contributed by atoms with Gasteiger partial charge in [0.05, 0.1) is 0 Å². The van der Waals surface area contributed by atoms with E-state index < -0.39 is 6.29 Å². The van der Waals surface area contributed by atoms with Crippen LogP contribution in [0.2, 0.25) is 0 Å². The van der Waals surface area contributed by atoms with E-state index >= 15 is 0 Å². The summed E-state index contributed by atoms with van der Waals surface area (Å²) >= 11 is 0. The first-order chi connectivity index (χ1) is 8.69. The van der Waals surface area contributed by atoms with Crippen molar-refractivity contribution in [2.45, 2.75) is 20.1 Å². The molecule has 0 aromatic heterocycles. The van der Waals surface area contributed by atoms with Gasteiger partial charge in [-0.05, 0) is 13.8 Å². The second kappa shape index (κ2) is 7.84. The summed E-state index contributed by atoms with van der Waals surface area (Å²) in [7, 11) is 3.77. The third-order valence-corrected chi connectivity index (χ3v) is 2.24. The SMILES string of the molecule is CCOC(OCC)/C(=N/N(C)C)c1ccccc1. The van der Waals surface area contributed by atoms with Gasteiger partial charge in [0.1, 0.15) is 5.71 Å². The van der Waals surface area contributed by atoms with Crippen LogP contribution < -0.4 is 0 Å². The molecule has 0 spiro atoms. The molecule has 4 heteroatoms. The van der Waals surface area contributed by atoms with Gasteiger partial charge in [0, 0.05) is 32.9 Å². The molecule has 0 fully saturated rings. The van der Waals surface area contributed by atoms with E-state index in [9.17, 15) is 0 Å². The normalized spacial score (nSPS) is 11.9. The lowest BCUT2D eigenvalue weighted by Crippen LogP contribution is -2.30. The Labute approximate surface area is 109 Å². The van der Waals surface area contributed by atoms with Crippen LogP contribution in [0.3, 0.4) is 0 Å². The molecule has 18 heavy (non-hydrogen) atoms. The van der Waals surface area contributed by atoms with Gasteiger partial charge >= 0.3 is 0 Å². The average Bonchev–Trinajstić information content (AvgIpc) is 2.37. The zero-order valence-electron chi connectivity index (χ0n) is 11.6. The van der Waals surface area contributed by atoms with Crippen LogP contribution in [-0.4, -0.2) is 44.3 Å². The Morgan fingerprint density at radius 2 is 1.67 bits per heavy atom. The molecule has 1 aromatic rings. The molecule has 1 aromatic carbocycles. The molecule has 4 nitrogen and oxygen atoms in total. The maximum Gasteiger partial charge on any atom is 0.203 e. The maximum absolute atomic E-state index is 5.62. The fourth-order valence-electron chi connectivity index (χ4n) is 1.57. The summed E-state index contributed by atoms with van der Waals surface area (Å²) < 4.78 is 11.2. The van der Waals surface area contributed by atoms with Gasteiger partial charge in [-0.3, -0.25) is 0 Å². The second-order valence-corrected chi connectivity index (χ2v) is 3.94. The molecule has 0 heterocycles. The number of ether oxygens (including phenoxy) is 2. The van der Waals surface area contributed by atoms with Gasteiger partial charge in [0.2, 0.25) is 6.29 Å². The molecule has 0 amide bonds. The lowest BCUT2D eigenvalue weighted by atomic mass is 10.1. The van der Waals surface area contributed by atoms with Crippen LogP contribution >= 0.6 is 0 Å². The van der Waals surface area contributed by atoms with Crippen molar-refractivity contribution >= 4 is 5.71 Å². The Hall–Kier alpha value is -1.39. The van der Waals surface area contributed by atoms with E-state index in [1.54, 1.807) is 5.01 Å². The Morgan fingerprint density at radius 1 is 1.11 bits per heavy atom. The minimum absolute atomic E-state index is 0.426. The molecule has 0 unspecified atom stereocenters. The largest absolute Gasteiger partial charge is 0.347 e. The summed E-state index contributed by atoms with van der Waals surface area (Å²) in [5.74, 6) is 0. The highest BCUT2D eigenvalue weighted by Gasteiger charge is 2.19. The Balaban J connectivity index is 3.03. The molecule has 0 radical (unpaired) electrons. The van der Waals surface area contributed by atoms with Crippen LogP contribution in [0.25, 0.3) is 0 Å². The van der Waals surface area contributed by atoms with Crippen molar-refractivity contribution < 1.29 is 9.47 Å². The van der Waals surface area contributed by atoms with Crippen molar-refractivity contribution in [1.29, 1.82) is 0 Å². The fraction of sp³-hybridized carbons (Fsp3) is 0.500. The quantitative estimate of drug-likeness (QED) is 0.423. The molecule has 0 saturated heterocycles. The van der Waals surface area contributed by atoms with E-state index in [0.29, 0.717) is 13.2 Å². The van der Waals surface area contributed by atoms with Crippen molar-refractivity contribution in [3.8, 4) is 0 Å². The molecule has 0 aliphatic rings. The van der Waals surface area contributed by atoms with Gasteiger partial charge in [0.25, 0.3) is 0 Å². The van der Waals surface area contributed by atoms with E-state index in [1.807, 2.05) is 58.3 Å². The number of hydrazone groups is 1. The first kappa shape index (κ1) is 14.7. The average molecular weight is 250 g/mol. The summed E-state index contributed by atoms with van der Waals surface area (Å²) in [5.41, 5.74) is 1.81. The Morgan fingerprint density at radius 3 is 2.11 bits per heavy atom. The highest BCUT2D eigenvalue weighted by Crippen LogP contribution is 2.10. The van der Waals surface area contributed by atoms with E-state index in [0.717, 1.165) is 11.3 Å². The highest BCUT2D eigenvalue weighted by molar-refractivity contribution is 6.02. The van der Waals surface area contributed by atoms with E-state index in [-0.39, 0.29) is 0 Å². The molecule has 0 N–H and O–H groups in total. The van der Waals surface area contributed by atoms with Gasteiger partial charge in [-0.25, -0.2) is 0 Å². The van der Waals surface area contributed by atoms with Crippen molar-refractivity contribution in [1.82, 2.24) is 5.01 Å². The molecule has 0 saturated carbocycles. The molecule has 100 valence electrons. The van der Waals surface area contributed by atoms with Crippen molar-refractivity contribution in [3.05, 3.63) is 35.9 Å². The Bertz CT molecular complexity index is 357. The lowest BCUT2D eigenvalue weighted by molar-refractivity contribution is -0.0902. The molecule has 0 bridgehead atoms. The minimum Gasteiger partial charge on any atom is -0.347 e. The van der Waals surface area contributed by atoms with Crippen molar-refractivity contribution in [2.24, 2.45) is 5.10 Å². The maximum atomic E-state index is 5.62. The van der Waals surface area contributed by atoms with Gasteiger partial charge in [-0.15, -0.1) is 0 Å². The third-order valence-electron chi connectivity index (χ3n) is 2.24. The lowest BCUT2D eigenvalue weighted by Gasteiger charge is -2.20. The van der Waals surface area contributed by atoms with Crippen LogP contribution in [0.5, 0.6) is 0 Å². The van der Waals surface area contributed by atoms with E-state index in [1.165, 1.54) is 0 Å². The monoisotopic (exact) mass is 250 g/mol. The van der Waals surface area contributed by atoms with Gasteiger partial charge in [-0.1, -0.05) is 30.3 Å². The predicted octanol–water partition coefficient (Wildman–Crippen LogP) is 2.35. The summed E-state index contributed by atoms with van der Waals surface area (Å²) in [6, 6.07) is 9.96. The number of hydrogen-bond donors (Lipinski definition) is 0. The molecular formula is C14H22N2O2. The number of nitrogens with zero attached hydrogens (tertiary/aromatic N) is 2. The zero-order chi connectivity index (χ0) is 13.4. The first-order valence-corrected chi connectivity index (χ1v) is 6.23. The van der Waals surface area contributed by atoms with Crippen molar-refractivity contribution in [3.63, 3.8) is 0 Å². The fourth-order valence-corrected chi connectivity index (χ4v) is 1.57. The summed E-state index contributed by atoms with van der Waals surface area (Å²) in [4.78, 5) is 0. The number of hydrogen-bond acceptors (Lipinski definition) is 4. The van der Waals surface area contributed by atoms with Gasteiger partial charge in [-0.2, -0.15) is 5.10 Å². The topological polar surface area (TPSA) is 34.1 Å². The molecule has 0 aliphatic carbocycles. The minimum atomic E-state index is -0.426. The van der Waals surface area contributed by atoms with E-state index in [4.69, 9.17) is 9.47 Å². The van der Waals surface area contributed by atoms with Crippen LogP contribution in [0, 0.1) is 0 Å². The summed E-state index contributed by atoms with van der Waals surface area (Å²) in [6.07, 6.45) is -0.426. The van der Waals surface area contributed by atoms with E-state index in [2.05, 4.69) is 5.10 Å². The predicted molar refractivity (Wildman–Crippen MR) is 73.7 cm³/mol. The molecule has 0 aliphatic heterocycles. The third kappa shape index (κ3) is 4.47. The highest BCUT2D eigenvalue weighted by atomic mass is 16.7. The van der Waals surface area contributed by atoms with Gasteiger partial charge in [0.15, 0.2) is 0 Å². The number of rotatable bonds is 7. The Kier molecular flexibility index (Phi) is 6.39. The van der Waals surface area contributed by atoms with Crippen molar-refractivity contribution in [2.75, 3.05) is 27.3 Å². The second-order valence-electron chi connectivity index (χ2n) is 3.94. The first-order valence-electron chi connectivity index (χ1n) is 6.23. The standard InChI is InChI=1S/C14H22N2O2/c1-5-17-14(18-6-2)13(15-16(3)4)12-10-8-7-9-11-12/h7-11,14H,5-6H2,1-4H3/b15-13+. The molecule has 1 rings (SSSR count). The van der Waals surface area contributed by atoms with Gasteiger partial charge < -0.3 is 14.5 Å². The van der Waals surface area contributed by atoms with Crippen LogP contribution in [0.1, 0.15) is 19.4 Å². The zero-order valence-corrected chi connectivity index (χ0v) is 11.6. The smallest absolute Gasteiger partial charge is 0.203 e. The van der Waals surface area contributed by atoms with Crippen LogP contribution in [-0.2, 0) is 9.47 Å². The summed E-state index contributed by atoms with van der Waals surface area (Å²) in [5, 5.41) is 6.24. The van der Waals surface area contributed by atoms with Crippen LogP contribution in [0.4, 0.5) is 0 Å². The number of benzene rings is 1. The molecular weight excluding hydrogens is 228 g/mol.